The minimum Gasteiger partial charge on any atom is -0.476 e. The Morgan fingerprint density at radius 3 is 2.90 bits per heavy atom. The molecule has 1 aromatic heterocycles. The molecule has 2 heterocycles. The molecule has 0 spiro atoms. The highest BCUT2D eigenvalue weighted by molar-refractivity contribution is 5.88. The number of aromatic nitrogens is 2. The largest absolute Gasteiger partial charge is 0.476 e. The molecule has 1 fully saturated rings. The van der Waals surface area contributed by atoms with Gasteiger partial charge in [0.25, 0.3) is 0 Å². The Morgan fingerprint density at radius 1 is 1.43 bits per heavy atom. The first-order chi connectivity index (χ1) is 10.2. The molecule has 21 heavy (non-hydrogen) atoms. The Bertz CT molecular complexity index is 618. The third-order valence-corrected chi connectivity index (χ3v) is 3.43. The van der Waals surface area contributed by atoms with Crippen molar-refractivity contribution in [2.75, 3.05) is 13.2 Å². The van der Waals surface area contributed by atoms with Crippen LogP contribution in [0.25, 0.3) is 0 Å². The van der Waals surface area contributed by atoms with Crippen LogP contribution in [0.4, 0.5) is 0 Å². The molecule has 1 N–H and O–H groups in total. The quantitative estimate of drug-likeness (QED) is 0.914. The van der Waals surface area contributed by atoms with Crippen LogP contribution in [0.1, 0.15) is 16.9 Å². The van der Waals surface area contributed by atoms with E-state index in [0.717, 1.165) is 13.0 Å². The van der Waals surface area contributed by atoms with E-state index in [4.69, 9.17) is 9.47 Å². The van der Waals surface area contributed by atoms with Crippen molar-refractivity contribution in [3.63, 3.8) is 0 Å². The molecule has 3 rings (SSSR count). The van der Waals surface area contributed by atoms with Gasteiger partial charge < -0.3 is 14.6 Å². The molecular weight excluding hydrogens is 272 g/mol. The summed E-state index contributed by atoms with van der Waals surface area (Å²) in [5.74, 6) is 0.0984. The molecule has 6 heteroatoms. The van der Waals surface area contributed by atoms with Crippen molar-refractivity contribution in [2.24, 2.45) is 5.92 Å². The lowest BCUT2D eigenvalue weighted by atomic mass is 10.1. The molecule has 0 amide bonds. The van der Waals surface area contributed by atoms with Crippen molar-refractivity contribution in [1.29, 1.82) is 0 Å². The number of hydrogen-bond acceptors (Lipinski definition) is 4. The van der Waals surface area contributed by atoms with Crippen LogP contribution in [0, 0.1) is 5.92 Å². The monoisotopic (exact) mass is 288 g/mol. The van der Waals surface area contributed by atoms with Gasteiger partial charge >= 0.3 is 5.97 Å². The van der Waals surface area contributed by atoms with Gasteiger partial charge in [-0.05, 0) is 18.6 Å². The van der Waals surface area contributed by atoms with Gasteiger partial charge in [0, 0.05) is 19.1 Å². The summed E-state index contributed by atoms with van der Waals surface area (Å²) in [7, 11) is 0. The molecule has 0 radical (unpaired) electrons. The molecule has 0 bridgehead atoms. The molecule has 1 aromatic carbocycles. The maximum atomic E-state index is 11.5. The molecule has 1 aliphatic heterocycles. The fourth-order valence-corrected chi connectivity index (χ4v) is 2.38. The van der Waals surface area contributed by atoms with E-state index in [-0.39, 0.29) is 11.4 Å². The van der Waals surface area contributed by atoms with Crippen molar-refractivity contribution in [3.8, 4) is 11.5 Å². The second-order valence-corrected chi connectivity index (χ2v) is 4.99. The van der Waals surface area contributed by atoms with Crippen molar-refractivity contribution in [1.82, 2.24) is 9.78 Å². The Hall–Kier alpha value is -2.34. The maximum Gasteiger partial charge on any atom is 0.358 e. The number of carboxylic acid groups (broad SMARTS) is 1. The summed E-state index contributed by atoms with van der Waals surface area (Å²) in [6.45, 7) is 1.90. The molecule has 6 nitrogen and oxygen atoms in total. The predicted molar refractivity (Wildman–Crippen MR) is 74.6 cm³/mol. The lowest BCUT2D eigenvalue weighted by Gasteiger charge is -2.10. The average molecular weight is 288 g/mol. The van der Waals surface area contributed by atoms with Crippen LogP contribution in [0.15, 0.2) is 36.5 Å². The number of benzene rings is 1. The Balaban J connectivity index is 1.83. The Labute approximate surface area is 121 Å². The number of nitrogens with zero attached hydrogens (tertiary/aromatic N) is 2. The molecule has 1 aliphatic rings. The van der Waals surface area contributed by atoms with E-state index in [1.165, 1.54) is 10.9 Å². The van der Waals surface area contributed by atoms with E-state index in [2.05, 4.69) is 5.10 Å². The maximum absolute atomic E-state index is 11.5. The molecule has 1 atom stereocenters. The molecule has 0 aliphatic carbocycles. The van der Waals surface area contributed by atoms with E-state index in [1.807, 2.05) is 18.2 Å². The van der Waals surface area contributed by atoms with Gasteiger partial charge in [0.2, 0.25) is 0 Å². The van der Waals surface area contributed by atoms with E-state index in [9.17, 15) is 9.90 Å². The zero-order valence-electron chi connectivity index (χ0n) is 11.4. The van der Waals surface area contributed by atoms with Gasteiger partial charge in [0.15, 0.2) is 11.4 Å². The van der Waals surface area contributed by atoms with Gasteiger partial charge in [-0.2, -0.15) is 5.10 Å². The highest BCUT2D eigenvalue weighted by Gasteiger charge is 2.24. The third kappa shape index (κ3) is 3.05. The number of carboxylic acids is 1. The summed E-state index contributed by atoms with van der Waals surface area (Å²) in [6.07, 6.45) is 2.38. The van der Waals surface area contributed by atoms with E-state index in [1.54, 1.807) is 12.1 Å². The van der Waals surface area contributed by atoms with Crippen LogP contribution in [-0.2, 0) is 11.3 Å². The molecule has 1 saturated heterocycles. The predicted octanol–water partition coefficient (Wildman–Crippen LogP) is 2.41. The molecular formula is C15H16N2O4. The van der Waals surface area contributed by atoms with Gasteiger partial charge in [0.05, 0.1) is 12.8 Å². The lowest BCUT2D eigenvalue weighted by Crippen LogP contribution is -2.17. The minimum absolute atomic E-state index is 0.0748. The summed E-state index contributed by atoms with van der Waals surface area (Å²) >= 11 is 0. The van der Waals surface area contributed by atoms with Crippen LogP contribution in [0.2, 0.25) is 0 Å². The first-order valence-corrected chi connectivity index (χ1v) is 6.84. The zero-order chi connectivity index (χ0) is 14.7. The van der Waals surface area contributed by atoms with E-state index in [0.29, 0.717) is 24.8 Å². The highest BCUT2D eigenvalue weighted by atomic mass is 16.5. The number of para-hydroxylation sites is 1. The van der Waals surface area contributed by atoms with Gasteiger partial charge in [-0.3, -0.25) is 4.68 Å². The van der Waals surface area contributed by atoms with Crippen LogP contribution in [0.3, 0.4) is 0 Å². The van der Waals surface area contributed by atoms with Crippen LogP contribution in [0.5, 0.6) is 11.5 Å². The topological polar surface area (TPSA) is 73.6 Å². The molecule has 0 saturated carbocycles. The van der Waals surface area contributed by atoms with E-state index >= 15 is 0 Å². The summed E-state index contributed by atoms with van der Waals surface area (Å²) in [5, 5.41) is 13.6. The van der Waals surface area contributed by atoms with Gasteiger partial charge in [-0.25, -0.2) is 4.79 Å². The number of carbonyl (C=O) groups is 1. The Kier molecular flexibility index (Phi) is 3.87. The normalized spacial score (nSPS) is 17.8. The SMILES string of the molecule is O=C(O)c1c(Oc2ccccc2)cnn1CC1CCOC1. The number of ether oxygens (including phenoxy) is 2. The van der Waals surface area contributed by atoms with Gasteiger partial charge in [-0.15, -0.1) is 0 Å². The van der Waals surface area contributed by atoms with Crippen molar-refractivity contribution in [2.45, 2.75) is 13.0 Å². The van der Waals surface area contributed by atoms with E-state index < -0.39 is 5.97 Å². The zero-order valence-corrected chi connectivity index (χ0v) is 11.4. The van der Waals surface area contributed by atoms with Crippen molar-refractivity contribution >= 4 is 5.97 Å². The number of hydrogen-bond donors (Lipinski definition) is 1. The third-order valence-electron chi connectivity index (χ3n) is 3.43. The lowest BCUT2D eigenvalue weighted by molar-refractivity contribution is 0.0678. The average Bonchev–Trinajstić information content (AvgIpc) is 3.11. The summed E-state index contributed by atoms with van der Waals surface area (Å²) in [4.78, 5) is 11.5. The Morgan fingerprint density at radius 2 is 2.24 bits per heavy atom. The molecule has 110 valence electrons. The van der Waals surface area contributed by atoms with Crippen molar-refractivity contribution < 1.29 is 19.4 Å². The van der Waals surface area contributed by atoms with Crippen LogP contribution >= 0.6 is 0 Å². The van der Waals surface area contributed by atoms with Gasteiger partial charge in [-0.1, -0.05) is 18.2 Å². The standard InChI is InChI=1S/C15H16N2O4/c18-15(19)14-13(21-12-4-2-1-3-5-12)8-16-17(14)9-11-6-7-20-10-11/h1-5,8,11H,6-7,9-10H2,(H,18,19). The smallest absolute Gasteiger partial charge is 0.358 e. The first-order valence-electron chi connectivity index (χ1n) is 6.84. The summed E-state index contributed by atoms with van der Waals surface area (Å²) in [5.41, 5.74) is 0.0748. The first kappa shape index (κ1) is 13.6. The van der Waals surface area contributed by atoms with Crippen molar-refractivity contribution in [3.05, 3.63) is 42.2 Å². The second-order valence-electron chi connectivity index (χ2n) is 4.99. The minimum atomic E-state index is -1.04. The molecule has 2 aromatic rings. The van der Waals surface area contributed by atoms with Crippen LogP contribution in [-0.4, -0.2) is 34.1 Å². The second kappa shape index (κ2) is 5.97. The highest BCUT2D eigenvalue weighted by Crippen LogP contribution is 2.26. The number of rotatable bonds is 5. The molecule has 1 unspecified atom stereocenters. The fourth-order valence-electron chi connectivity index (χ4n) is 2.38. The van der Waals surface area contributed by atoms with Gasteiger partial charge in [0.1, 0.15) is 5.75 Å². The summed E-state index contributed by atoms with van der Waals surface area (Å²) in [6, 6.07) is 9.07. The van der Waals surface area contributed by atoms with Crippen LogP contribution < -0.4 is 4.74 Å². The fraction of sp³-hybridized carbons (Fsp3) is 0.333. The summed E-state index contributed by atoms with van der Waals surface area (Å²) < 4.78 is 12.4. The number of aromatic carboxylic acids is 1.